The van der Waals surface area contributed by atoms with Gasteiger partial charge in [-0.3, -0.25) is 14.5 Å². The summed E-state index contributed by atoms with van der Waals surface area (Å²) in [6, 6.07) is 17.3. The predicted octanol–water partition coefficient (Wildman–Crippen LogP) is 3.18. The molecule has 2 aromatic rings. The minimum atomic E-state index is -0.0795. The summed E-state index contributed by atoms with van der Waals surface area (Å²) < 4.78 is 6.06. The lowest BCUT2D eigenvalue weighted by Gasteiger charge is -2.43. The second kappa shape index (κ2) is 9.20. The molecule has 0 bridgehead atoms. The number of nitrogens with one attached hydrogen (secondary N) is 1. The van der Waals surface area contributed by atoms with Crippen LogP contribution < -0.4 is 5.32 Å². The zero-order valence-electron chi connectivity index (χ0n) is 17.5. The Morgan fingerprint density at radius 1 is 1.07 bits per heavy atom. The van der Waals surface area contributed by atoms with Crippen LogP contribution >= 0.6 is 0 Å². The molecular formula is C23H29N3O3. The molecule has 1 saturated heterocycles. The van der Waals surface area contributed by atoms with E-state index in [-0.39, 0.29) is 36.5 Å². The lowest BCUT2D eigenvalue weighted by atomic mass is 9.98. The average Bonchev–Trinajstić information content (AvgIpc) is 2.71. The first-order chi connectivity index (χ1) is 13.9. The molecule has 1 heterocycles. The first-order valence-electron chi connectivity index (χ1n) is 9.90. The third kappa shape index (κ3) is 5.02. The van der Waals surface area contributed by atoms with Crippen LogP contribution in [0.15, 0.2) is 54.6 Å². The molecule has 1 aliphatic heterocycles. The normalized spacial score (nSPS) is 22.1. The molecule has 3 rings (SSSR count). The van der Waals surface area contributed by atoms with Crippen molar-refractivity contribution in [1.82, 2.24) is 9.80 Å². The molecule has 0 spiro atoms. The molecule has 0 saturated carbocycles. The molecule has 154 valence electrons. The number of carbonyl (C=O) groups excluding carboxylic acids is 2. The Morgan fingerprint density at radius 2 is 1.72 bits per heavy atom. The molecule has 2 amide bonds. The highest BCUT2D eigenvalue weighted by Gasteiger charge is 2.35. The van der Waals surface area contributed by atoms with Gasteiger partial charge in [0.15, 0.2) is 0 Å². The summed E-state index contributed by atoms with van der Waals surface area (Å²) in [5, 5.41) is 2.93. The van der Waals surface area contributed by atoms with Crippen molar-refractivity contribution >= 4 is 17.5 Å². The second-order valence-corrected chi connectivity index (χ2v) is 7.75. The van der Waals surface area contributed by atoms with E-state index in [0.717, 1.165) is 5.56 Å². The van der Waals surface area contributed by atoms with Crippen LogP contribution in [0.2, 0.25) is 0 Å². The van der Waals surface area contributed by atoms with E-state index < -0.39 is 0 Å². The second-order valence-electron chi connectivity index (χ2n) is 7.75. The van der Waals surface area contributed by atoms with Crippen molar-refractivity contribution in [2.75, 3.05) is 32.6 Å². The molecule has 1 fully saturated rings. The minimum Gasteiger partial charge on any atom is -0.370 e. The Hall–Kier alpha value is -2.70. The highest BCUT2D eigenvalue weighted by atomic mass is 16.5. The van der Waals surface area contributed by atoms with Gasteiger partial charge < -0.3 is 15.0 Å². The Labute approximate surface area is 172 Å². The number of morpholine rings is 1. The Morgan fingerprint density at radius 3 is 2.34 bits per heavy atom. The zero-order valence-corrected chi connectivity index (χ0v) is 17.5. The van der Waals surface area contributed by atoms with Crippen molar-refractivity contribution in [2.24, 2.45) is 0 Å². The number of benzene rings is 2. The fraction of sp³-hybridized carbons (Fsp3) is 0.391. The van der Waals surface area contributed by atoms with Crippen molar-refractivity contribution in [1.29, 1.82) is 0 Å². The van der Waals surface area contributed by atoms with Crippen LogP contribution in [0, 0.1) is 0 Å². The van der Waals surface area contributed by atoms with E-state index in [1.54, 1.807) is 38.4 Å². The van der Waals surface area contributed by atoms with E-state index >= 15 is 0 Å². The fourth-order valence-electron chi connectivity index (χ4n) is 3.69. The molecule has 6 heteroatoms. The van der Waals surface area contributed by atoms with Crippen LogP contribution in [0.3, 0.4) is 0 Å². The number of carbonyl (C=O) groups is 2. The molecular weight excluding hydrogens is 366 g/mol. The summed E-state index contributed by atoms with van der Waals surface area (Å²) in [7, 11) is 3.43. The molecule has 2 aromatic carbocycles. The quantitative estimate of drug-likeness (QED) is 0.845. The van der Waals surface area contributed by atoms with Gasteiger partial charge in [0, 0.05) is 37.4 Å². The molecule has 0 aromatic heterocycles. The van der Waals surface area contributed by atoms with E-state index in [9.17, 15) is 9.59 Å². The van der Waals surface area contributed by atoms with Crippen LogP contribution in [-0.2, 0) is 9.53 Å². The molecule has 1 aliphatic rings. The van der Waals surface area contributed by atoms with Crippen molar-refractivity contribution in [2.45, 2.75) is 32.0 Å². The Bertz CT molecular complexity index is 836. The standard InChI is InChI=1S/C23H29N3O3/c1-16-15-29-22(18-8-6-5-7-9-18)17(2)26(16)14-21(27)24-20-12-10-19(11-13-20)23(28)25(3)4/h5-13,16-17,22H,14-15H2,1-4H3,(H,24,27). The monoisotopic (exact) mass is 395 g/mol. The van der Waals surface area contributed by atoms with Crippen LogP contribution in [0.1, 0.15) is 35.9 Å². The van der Waals surface area contributed by atoms with Crippen molar-refractivity contribution in [3.63, 3.8) is 0 Å². The molecule has 6 nitrogen and oxygen atoms in total. The van der Waals surface area contributed by atoms with Gasteiger partial charge in [-0.1, -0.05) is 30.3 Å². The summed E-state index contributed by atoms with van der Waals surface area (Å²) in [5.41, 5.74) is 2.39. The third-order valence-corrected chi connectivity index (χ3v) is 5.32. The van der Waals surface area contributed by atoms with Gasteiger partial charge in [0.05, 0.1) is 19.3 Å². The Kier molecular flexibility index (Phi) is 6.67. The molecule has 0 aliphatic carbocycles. The van der Waals surface area contributed by atoms with Gasteiger partial charge in [0.2, 0.25) is 5.91 Å². The summed E-state index contributed by atoms with van der Waals surface area (Å²) in [5.74, 6) is -0.144. The van der Waals surface area contributed by atoms with E-state index in [1.807, 2.05) is 18.2 Å². The van der Waals surface area contributed by atoms with Crippen molar-refractivity contribution in [3.8, 4) is 0 Å². The number of ether oxygens (including phenoxy) is 1. The van der Waals surface area contributed by atoms with Crippen LogP contribution in [0.5, 0.6) is 0 Å². The van der Waals surface area contributed by atoms with Crippen molar-refractivity contribution in [3.05, 3.63) is 65.7 Å². The summed E-state index contributed by atoms with van der Waals surface area (Å²) in [6.07, 6.45) is -0.0588. The van der Waals surface area contributed by atoms with Crippen LogP contribution in [0.4, 0.5) is 5.69 Å². The van der Waals surface area contributed by atoms with E-state index in [1.165, 1.54) is 4.90 Å². The van der Waals surface area contributed by atoms with Crippen LogP contribution in [-0.4, -0.2) is 60.9 Å². The zero-order chi connectivity index (χ0) is 21.0. The number of hydrogen-bond acceptors (Lipinski definition) is 4. The molecule has 29 heavy (non-hydrogen) atoms. The van der Waals surface area contributed by atoms with Gasteiger partial charge in [0.25, 0.3) is 5.91 Å². The topological polar surface area (TPSA) is 61.9 Å². The van der Waals surface area contributed by atoms with Crippen molar-refractivity contribution < 1.29 is 14.3 Å². The smallest absolute Gasteiger partial charge is 0.253 e. The molecule has 3 atom stereocenters. The third-order valence-electron chi connectivity index (χ3n) is 5.32. The largest absolute Gasteiger partial charge is 0.370 e. The average molecular weight is 396 g/mol. The number of amides is 2. The molecule has 0 radical (unpaired) electrons. The van der Waals surface area contributed by atoms with E-state index in [2.05, 4.69) is 36.2 Å². The maximum atomic E-state index is 12.7. The van der Waals surface area contributed by atoms with Gasteiger partial charge in [-0.15, -0.1) is 0 Å². The number of nitrogens with zero attached hydrogens (tertiary/aromatic N) is 2. The van der Waals surface area contributed by atoms with Gasteiger partial charge >= 0.3 is 0 Å². The molecule has 3 unspecified atom stereocenters. The minimum absolute atomic E-state index is 0.0588. The number of hydrogen-bond donors (Lipinski definition) is 1. The maximum Gasteiger partial charge on any atom is 0.253 e. The SMILES string of the molecule is CC1COC(c2ccccc2)C(C)N1CC(=O)Nc1ccc(C(=O)N(C)C)cc1. The molecule has 1 N–H and O–H groups in total. The first-order valence-corrected chi connectivity index (χ1v) is 9.90. The lowest BCUT2D eigenvalue weighted by Crippen LogP contribution is -2.53. The van der Waals surface area contributed by atoms with E-state index in [4.69, 9.17) is 4.74 Å². The first kappa shape index (κ1) is 21.0. The fourth-order valence-corrected chi connectivity index (χ4v) is 3.69. The summed E-state index contributed by atoms with van der Waals surface area (Å²) in [6.45, 7) is 5.04. The predicted molar refractivity (Wildman–Crippen MR) is 114 cm³/mol. The summed E-state index contributed by atoms with van der Waals surface area (Å²) >= 11 is 0. The van der Waals surface area contributed by atoms with Gasteiger partial charge in [-0.25, -0.2) is 0 Å². The maximum absolute atomic E-state index is 12.7. The number of rotatable bonds is 5. The van der Waals surface area contributed by atoms with Crippen LogP contribution in [0.25, 0.3) is 0 Å². The van der Waals surface area contributed by atoms with Gasteiger partial charge in [-0.05, 0) is 43.7 Å². The highest BCUT2D eigenvalue weighted by Crippen LogP contribution is 2.30. The Balaban J connectivity index is 1.63. The van der Waals surface area contributed by atoms with Gasteiger partial charge in [-0.2, -0.15) is 0 Å². The van der Waals surface area contributed by atoms with E-state index in [0.29, 0.717) is 17.9 Å². The lowest BCUT2D eigenvalue weighted by molar-refractivity contribution is -0.127. The summed E-state index contributed by atoms with van der Waals surface area (Å²) in [4.78, 5) is 28.4. The number of anilines is 1. The highest BCUT2D eigenvalue weighted by molar-refractivity contribution is 5.96. The van der Waals surface area contributed by atoms with Gasteiger partial charge in [0.1, 0.15) is 0 Å².